The number of fused-ring (bicyclic) bond motifs is 1. The minimum atomic E-state index is 0.414. The first kappa shape index (κ1) is 14.3. The van der Waals surface area contributed by atoms with Gasteiger partial charge in [-0.2, -0.15) is 5.26 Å². The molecule has 5 heteroatoms. The van der Waals surface area contributed by atoms with Crippen molar-refractivity contribution in [3.8, 4) is 6.07 Å². The number of ether oxygens (including phenoxy) is 1. The molecular formula is C16H22N4O. The first-order valence-electron chi connectivity index (χ1n) is 7.77. The number of piperazine rings is 1. The molecule has 0 aromatic carbocycles. The number of morpholine rings is 1. The van der Waals surface area contributed by atoms with Gasteiger partial charge in [-0.3, -0.25) is 4.90 Å². The van der Waals surface area contributed by atoms with Crippen LogP contribution < -0.4 is 4.90 Å². The third-order valence-electron chi connectivity index (χ3n) is 4.45. The Morgan fingerprint density at radius 3 is 3.14 bits per heavy atom. The lowest BCUT2D eigenvalue weighted by atomic mass is 10.0. The lowest BCUT2D eigenvalue weighted by Gasteiger charge is -2.48. The summed E-state index contributed by atoms with van der Waals surface area (Å²) >= 11 is 0. The van der Waals surface area contributed by atoms with Crippen LogP contribution in [0.5, 0.6) is 0 Å². The van der Waals surface area contributed by atoms with Crippen molar-refractivity contribution in [3.05, 3.63) is 23.9 Å². The molecule has 0 unspecified atom stereocenters. The van der Waals surface area contributed by atoms with Crippen molar-refractivity contribution in [1.29, 1.82) is 5.26 Å². The molecule has 0 amide bonds. The zero-order valence-corrected chi connectivity index (χ0v) is 12.5. The highest BCUT2D eigenvalue weighted by Gasteiger charge is 2.35. The van der Waals surface area contributed by atoms with Gasteiger partial charge in [0.1, 0.15) is 11.9 Å². The fourth-order valence-electron chi connectivity index (χ4n) is 3.45. The Morgan fingerprint density at radius 1 is 1.43 bits per heavy atom. The maximum Gasteiger partial charge on any atom is 0.146 e. The average Bonchev–Trinajstić information content (AvgIpc) is 2.55. The van der Waals surface area contributed by atoms with E-state index in [-0.39, 0.29) is 0 Å². The molecule has 2 saturated heterocycles. The number of aromatic nitrogens is 1. The highest BCUT2D eigenvalue weighted by molar-refractivity contribution is 5.53. The van der Waals surface area contributed by atoms with E-state index in [2.05, 4.69) is 27.8 Å². The van der Waals surface area contributed by atoms with Gasteiger partial charge in [0.25, 0.3) is 0 Å². The summed E-state index contributed by atoms with van der Waals surface area (Å²) < 4.78 is 5.79. The molecule has 2 aliphatic rings. The van der Waals surface area contributed by atoms with Crippen molar-refractivity contribution in [3.63, 3.8) is 0 Å². The number of nitrogens with zero attached hydrogens (tertiary/aromatic N) is 4. The van der Waals surface area contributed by atoms with E-state index in [1.807, 2.05) is 12.1 Å². The van der Waals surface area contributed by atoms with Crippen LogP contribution in [-0.4, -0.2) is 54.8 Å². The zero-order chi connectivity index (χ0) is 14.7. The number of hydrogen-bond acceptors (Lipinski definition) is 5. The van der Waals surface area contributed by atoms with E-state index in [0.717, 1.165) is 38.7 Å². The molecule has 112 valence electrons. The number of rotatable bonds is 3. The summed E-state index contributed by atoms with van der Waals surface area (Å²) in [4.78, 5) is 9.24. The van der Waals surface area contributed by atoms with Gasteiger partial charge in [0, 0.05) is 31.9 Å². The SMILES string of the molecule is CCC[C@H]1COC[C@H]2CN(c3ncccc3C#N)CCN12. The molecule has 0 saturated carbocycles. The molecule has 1 aromatic rings. The average molecular weight is 286 g/mol. The smallest absolute Gasteiger partial charge is 0.146 e. The molecule has 0 spiro atoms. The summed E-state index contributed by atoms with van der Waals surface area (Å²) in [5.41, 5.74) is 0.660. The second-order valence-corrected chi connectivity index (χ2v) is 5.80. The quantitative estimate of drug-likeness (QED) is 0.845. The minimum absolute atomic E-state index is 0.414. The normalized spacial score (nSPS) is 26.2. The van der Waals surface area contributed by atoms with Gasteiger partial charge in [0.2, 0.25) is 0 Å². The van der Waals surface area contributed by atoms with E-state index in [4.69, 9.17) is 4.74 Å². The molecule has 2 aliphatic heterocycles. The number of hydrogen-bond donors (Lipinski definition) is 0. The van der Waals surface area contributed by atoms with E-state index >= 15 is 0 Å². The number of pyridine rings is 1. The van der Waals surface area contributed by atoms with Crippen molar-refractivity contribution < 1.29 is 4.74 Å². The predicted molar refractivity (Wildman–Crippen MR) is 81.2 cm³/mol. The van der Waals surface area contributed by atoms with Crippen LogP contribution in [0.2, 0.25) is 0 Å². The molecule has 3 rings (SSSR count). The third-order valence-corrected chi connectivity index (χ3v) is 4.45. The summed E-state index contributed by atoms with van der Waals surface area (Å²) in [6.07, 6.45) is 4.16. The van der Waals surface area contributed by atoms with Crippen molar-refractivity contribution in [2.45, 2.75) is 31.8 Å². The summed E-state index contributed by atoms with van der Waals surface area (Å²) in [7, 11) is 0. The lowest BCUT2D eigenvalue weighted by Crippen LogP contribution is -2.62. The van der Waals surface area contributed by atoms with E-state index < -0.39 is 0 Å². The first-order valence-corrected chi connectivity index (χ1v) is 7.77. The Balaban J connectivity index is 1.74. The lowest BCUT2D eigenvalue weighted by molar-refractivity contribution is -0.0558. The van der Waals surface area contributed by atoms with E-state index in [1.54, 1.807) is 6.20 Å². The topological polar surface area (TPSA) is 52.4 Å². The van der Waals surface area contributed by atoms with Gasteiger partial charge in [-0.15, -0.1) is 0 Å². The van der Waals surface area contributed by atoms with Crippen LogP contribution in [0.3, 0.4) is 0 Å². The summed E-state index contributed by atoms with van der Waals surface area (Å²) in [5.74, 6) is 0.817. The Labute approximate surface area is 126 Å². The molecule has 2 atom stereocenters. The van der Waals surface area contributed by atoms with Crippen LogP contribution in [0.4, 0.5) is 5.82 Å². The van der Waals surface area contributed by atoms with Gasteiger partial charge in [-0.25, -0.2) is 4.98 Å². The van der Waals surface area contributed by atoms with Crippen LogP contribution in [0.25, 0.3) is 0 Å². The summed E-state index contributed by atoms with van der Waals surface area (Å²) in [6.45, 7) is 6.73. The molecule has 3 heterocycles. The second kappa shape index (κ2) is 6.42. The summed E-state index contributed by atoms with van der Waals surface area (Å²) in [5, 5.41) is 9.24. The standard InChI is InChI=1S/C16H22N4O/c1-2-4-14-11-21-12-15-10-19(7-8-20(14)15)16-13(9-17)5-3-6-18-16/h3,5-6,14-15H,2,4,7-8,10-12H2,1H3/t14-,15+/m0/s1. The van der Waals surface area contributed by atoms with Crippen molar-refractivity contribution in [1.82, 2.24) is 9.88 Å². The highest BCUT2D eigenvalue weighted by Crippen LogP contribution is 2.25. The predicted octanol–water partition coefficient (Wildman–Crippen LogP) is 1.64. The maximum absolute atomic E-state index is 9.24. The second-order valence-electron chi connectivity index (χ2n) is 5.80. The van der Waals surface area contributed by atoms with Crippen LogP contribution in [-0.2, 0) is 4.74 Å². The monoisotopic (exact) mass is 286 g/mol. The van der Waals surface area contributed by atoms with E-state index in [1.165, 1.54) is 12.8 Å². The largest absolute Gasteiger partial charge is 0.378 e. The Kier molecular flexibility index (Phi) is 4.37. The number of anilines is 1. The molecule has 2 fully saturated rings. The highest BCUT2D eigenvalue weighted by atomic mass is 16.5. The van der Waals surface area contributed by atoms with Crippen molar-refractivity contribution in [2.24, 2.45) is 0 Å². The minimum Gasteiger partial charge on any atom is -0.378 e. The molecule has 0 N–H and O–H groups in total. The van der Waals surface area contributed by atoms with Crippen LogP contribution >= 0.6 is 0 Å². The fourth-order valence-corrected chi connectivity index (χ4v) is 3.45. The van der Waals surface area contributed by atoms with Gasteiger partial charge in [0.05, 0.1) is 24.8 Å². The van der Waals surface area contributed by atoms with Gasteiger partial charge < -0.3 is 9.64 Å². The van der Waals surface area contributed by atoms with Crippen LogP contribution in [0, 0.1) is 11.3 Å². The Hall–Kier alpha value is -1.64. The zero-order valence-electron chi connectivity index (χ0n) is 12.5. The van der Waals surface area contributed by atoms with Crippen molar-refractivity contribution >= 4 is 5.82 Å². The van der Waals surface area contributed by atoms with Gasteiger partial charge in [-0.05, 0) is 18.6 Å². The number of nitriles is 1. The van der Waals surface area contributed by atoms with Gasteiger partial charge in [0.15, 0.2) is 0 Å². The Morgan fingerprint density at radius 2 is 2.33 bits per heavy atom. The Bertz CT molecular complexity index is 525. The van der Waals surface area contributed by atoms with Crippen molar-refractivity contribution in [2.75, 3.05) is 37.7 Å². The molecule has 0 aliphatic carbocycles. The first-order chi connectivity index (χ1) is 10.3. The van der Waals surface area contributed by atoms with Gasteiger partial charge >= 0.3 is 0 Å². The van der Waals surface area contributed by atoms with Gasteiger partial charge in [-0.1, -0.05) is 13.3 Å². The van der Waals surface area contributed by atoms with E-state index in [9.17, 15) is 5.26 Å². The molecular weight excluding hydrogens is 264 g/mol. The third kappa shape index (κ3) is 2.87. The molecule has 21 heavy (non-hydrogen) atoms. The summed E-state index contributed by atoms with van der Waals surface area (Å²) in [6, 6.07) is 6.87. The molecule has 1 aromatic heterocycles. The van der Waals surface area contributed by atoms with E-state index in [0.29, 0.717) is 17.6 Å². The molecule has 0 bridgehead atoms. The maximum atomic E-state index is 9.24. The molecule has 0 radical (unpaired) electrons. The van der Waals surface area contributed by atoms with Crippen LogP contribution in [0.1, 0.15) is 25.3 Å². The van der Waals surface area contributed by atoms with Crippen LogP contribution in [0.15, 0.2) is 18.3 Å². The fraction of sp³-hybridized carbons (Fsp3) is 0.625. The molecule has 5 nitrogen and oxygen atoms in total.